The highest BCUT2D eigenvalue weighted by Crippen LogP contribution is 2.21. The van der Waals surface area contributed by atoms with E-state index < -0.39 is 0 Å². The molecule has 0 unspecified atom stereocenters. The third-order valence-electron chi connectivity index (χ3n) is 3.11. The fraction of sp³-hybridized carbons (Fsp3) is 0.615. The number of aromatic nitrogens is 4. The summed E-state index contributed by atoms with van der Waals surface area (Å²) in [5.74, 6) is 0. The summed E-state index contributed by atoms with van der Waals surface area (Å²) in [7, 11) is 0. The van der Waals surface area contributed by atoms with Gasteiger partial charge in [0.05, 0.1) is 12.0 Å². The molecule has 2 aromatic rings. The van der Waals surface area contributed by atoms with Crippen molar-refractivity contribution < 1.29 is 0 Å². The molecule has 2 heterocycles. The topological polar surface area (TPSA) is 57.7 Å². The lowest BCUT2D eigenvalue weighted by atomic mass is 10.0. The maximum atomic E-state index is 4.39. The first-order chi connectivity index (χ1) is 8.39. The predicted octanol–water partition coefficient (Wildman–Crippen LogP) is 2.36. The van der Waals surface area contributed by atoms with E-state index in [0.717, 1.165) is 23.4 Å². The third-order valence-corrected chi connectivity index (χ3v) is 3.11. The van der Waals surface area contributed by atoms with Gasteiger partial charge in [0.15, 0.2) is 5.65 Å². The van der Waals surface area contributed by atoms with Crippen LogP contribution in [0.4, 0.5) is 0 Å². The zero-order chi connectivity index (χ0) is 13.3. The van der Waals surface area contributed by atoms with E-state index in [9.17, 15) is 0 Å². The van der Waals surface area contributed by atoms with Crippen molar-refractivity contribution in [1.82, 2.24) is 24.8 Å². The van der Waals surface area contributed by atoms with Crippen molar-refractivity contribution in [2.24, 2.45) is 0 Å². The van der Waals surface area contributed by atoms with E-state index in [2.05, 4.69) is 59.5 Å². The molecule has 2 rings (SSSR count). The molecule has 0 fully saturated rings. The fourth-order valence-electron chi connectivity index (χ4n) is 2.29. The van der Waals surface area contributed by atoms with Gasteiger partial charge in [-0.1, -0.05) is 0 Å². The Bertz CT molecular complexity index is 523. The number of aromatic amines is 1. The normalized spacial score (nSPS) is 12.8. The molecule has 0 bridgehead atoms. The van der Waals surface area contributed by atoms with Crippen molar-refractivity contribution in [2.75, 3.05) is 0 Å². The van der Waals surface area contributed by atoms with Crippen LogP contribution < -0.4 is 0 Å². The molecule has 0 aliphatic heterocycles. The first-order valence-corrected chi connectivity index (χ1v) is 6.29. The number of imidazole rings is 1. The summed E-state index contributed by atoms with van der Waals surface area (Å²) in [5, 5.41) is 0. The quantitative estimate of drug-likeness (QED) is 0.904. The Labute approximate surface area is 108 Å². The van der Waals surface area contributed by atoms with Crippen LogP contribution in [0.25, 0.3) is 11.2 Å². The van der Waals surface area contributed by atoms with E-state index in [1.165, 1.54) is 0 Å². The molecular weight excluding hydrogens is 226 g/mol. The number of hydrogen-bond acceptors (Lipinski definition) is 4. The molecule has 5 heteroatoms. The second-order valence-electron chi connectivity index (χ2n) is 5.81. The molecule has 0 aliphatic carbocycles. The Morgan fingerprint density at radius 1 is 1.22 bits per heavy atom. The Balaban J connectivity index is 2.34. The summed E-state index contributed by atoms with van der Waals surface area (Å²) >= 11 is 0. The van der Waals surface area contributed by atoms with Gasteiger partial charge in [-0.3, -0.25) is 4.90 Å². The SMILES string of the molecule is CC(C)N(Cc1ncnc2nc[nH]c12)C(C)(C)C. The van der Waals surface area contributed by atoms with Crippen LogP contribution in [-0.4, -0.2) is 36.4 Å². The molecule has 0 saturated carbocycles. The van der Waals surface area contributed by atoms with Gasteiger partial charge in [0.1, 0.15) is 11.8 Å². The van der Waals surface area contributed by atoms with Crippen LogP contribution in [0.3, 0.4) is 0 Å². The molecule has 98 valence electrons. The number of nitrogens with zero attached hydrogens (tertiary/aromatic N) is 4. The number of hydrogen-bond donors (Lipinski definition) is 1. The molecule has 2 aromatic heterocycles. The van der Waals surface area contributed by atoms with Gasteiger partial charge in [-0.15, -0.1) is 0 Å². The van der Waals surface area contributed by atoms with Gasteiger partial charge in [-0.2, -0.15) is 0 Å². The van der Waals surface area contributed by atoms with Crippen LogP contribution in [0.2, 0.25) is 0 Å². The van der Waals surface area contributed by atoms with Gasteiger partial charge >= 0.3 is 0 Å². The van der Waals surface area contributed by atoms with Gasteiger partial charge in [0.2, 0.25) is 0 Å². The molecule has 0 amide bonds. The van der Waals surface area contributed by atoms with Crippen LogP contribution >= 0.6 is 0 Å². The summed E-state index contributed by atoms with van der Waals surface area (Å²) in [6, 6.07) is 0.456. The Morgan fingerprint density at radius 3 is 2.56 bits per heavy atom. The van der Waals surface area contributed by atoms with Crippen molar-refractivity contribution >= 4 is 11.2 Å². The van der Waals surface area contributed by atoms with Crippen molar-refractivity contribution in [3.8, 4) is 0 Å². The summed E-state index contributed by atoms with van der Waals surface area (Å²) in [6.07, 6.45) is 3.25. The lowest BCUT2D eigenvalue weighted by molar-refractivity contribution is 0.0891. The van der Waals surface area contributed by atoms with Crippen LogP contribution in [0.5, 0.6) is 0 Å². The molecular formula is C13H21N5. The van der Waals surface area contributed by atoms with Crippen molar-refractivity contribution in [3.63, 3.8) is 0 Å². The maximum absolute atomic E-state index is 4.39. The highest BCUT2D eigenvalue weighted by Gasteiger charge is 2.25. The third kappa shape index (κ3) is 2.51. The minimum absolute atomic E-state index is 0.103. The van der Waals surface area contributed by atoms with Crippen LogP contribution in [0, 0.1) is 0 Å². The van der Waals surface area contributed by atoms with Crippen molar-refractivity contribution in [1.29, 1.82) is 0 Å². The summed E-state index contributed by atoms with van der Waals surface area (Å²) in [6.45, 7) is 11.9. The Hall–Kier alpha value is -1.49. The highest BCUT2D eigenvalue weighted by atomic mass is 15.2. The molecule has 5 nitrogen and oxygen atoms in total. The summed E-state index contributed by atoms with van der Waals surface area (Å²) in [5.41, 5.74) is 2.77. The number of nitrogens with one attached hydrogen (secondary N) is 1. The maximum Gasteiger partial charge on any atom is 0.180 e. The van der Waals surface area contributed by atoms with Gasteiger partial charge in [0.25, 0.3) is 0 Å². The van der Waals surface area contributed by atoms with Gasteiger partial charge in [0, 0.05) is 18.1 Å². The van der Waals surface area contributed by atoms with Crippen LogP contribution in [0.15, 0.2) is 12.7 Å². The standard InChI is InChI=1S/C13H21N5/c1-9(2)18(13(3,4)5)6-10-11-12(16-7-14-10)17-8-15-11/h7-9H,6H2,1-5H3,(H,14,15,16,17). The molecule has 0 spiro atoms. The first-order valence-electron chi connectivity index (χ1n) is 6.29. The average molecular weight is 247 g/mol. The van der Waals surface area contributed by atoms with E-state index in [1.807, 2.05) is 0 Å². The minimum Gasteiger partial charge on any atom is -0.342 e. The minimum atomic E-state index is 0.103. The average Bonchev–Trinajstić information content (AvgIpc) is 2.72. The molecule has 0 aromatic carbocycles. The highest BCUT2D eigenvalue weighted by molar-refractivity contribution is 5.71. The van der Waals surface area contributed by atoms with Gasteiger partial charge in [-0.05, 0) is 34.6 Å². The first kappa shape index (κ1) is 13.0. The molecule has 1 N–H and O–H groups in total. The Morgan fingerprint density at radius 2 is 1.94 bits per heavy atom. The number of H-pyrrole nitrogens is 1. The van der Waals surface area contributed by atoms with Crippen LogP contribution in [0.1, 0.15) is 40.3 Å². The molecule has 0 atom stereocenters. The van der Waals surface area contributed by atoms with E-state index in [4.69, 9.17) is 0 Å². The molecule has 0 aliphatic rings. The monoisotopic (exact) mass is 247 g/mol. The van der Waals surface area contributed by atoms with Crippen LogP contribution in [-0.2, 0) is 6.54 Å². The molecule has 0 radical (unpaired) electrons. The van der Waals surface area contributed by atoms with E-state index >= 15 is 0 Å². The lowest BCUT2D eigenvalue weighted by Gasteiger charge is -2.38. The fourth-order valence-corrected chi connectivity index (χ4v) is 2.29. The molecule has 0 saturated heterocycles. The summed E-state index contributed by atoms with van der Waals surface area (Å²) < 4.78 is 0. The number of fused-ring (bicyclic) bond motifs is 1. The lowest BCUT2D eigenvalue weighted by Crippen LogP contribution is -2.45. The second kappa shape index (κ2) is 4.65. The van der Waals surface area contributed by atoms with Gasteiger partial charge in [-0.25, -0.2) is 15.0 Å². The zero-order valence-corrected chi connectivity index (χ0v) is 11.7. The Kier molecular flexibility index (Phi) is 3.34. The smallest absolute Gasteiger partial charge is 0.180 e. The van der Waals surface area contributed by atoms with Gasteiger partial charge < -0.3 is 4.98 Å². The van der Waals surface area contributed by atoms with Crippen molar-refractivity contribution in [3.05, 3.63) is 18.3 Å². The number of rotatable bonds is 3. The van der Waals surface area contributed by atoms with E-state index in [-0.39, 0.29) is 5.54 Å². The van der Waals surface area contributed by atoms with E-state index in [1.54, 1.807) is 12.7 Å². The van der Waals surface area contributed by atoms with Crippen molar-refractivity contribution in [2.45, 2.75) is 52.7 Å². The summed E-state index contributed by atoms with van der Waals surface area (Å²) in [4.78, 5) is 18.2. The largest absolute Gasteiger partial charge is 0.342 e. The van der Waals surface area contributed by atoms with E-state index in [0.29, 0.717) is 6.04 Å². The second-order valence-corrected chi connectivity index (χ2v) is 5.81. The predicted molar refractivity (Wildman–Crippen MR) is 72.1 cm³/mol. The zero-order valence-electron chi connectivity index (χ0n) is 11.7. The molecule has 18 heavy (non-hydrogen) atoms.